The predicted molar refractivity (Wildman–Crippen MR) is 174 cm³/mol. The topological polar surface area (TPSA) is 135 Å². The lowest BCUT2D eigenvalue weighted by Crippen LogP contribution is -2.58. The van der Waals surface area contributed by atoms with E-state index in [4.69, 9.17) is 14.2 Å². The number of nitrogens with zero attached hydrogens (tertiary/aromatic N) is 2. The van der Waals surface area contributed by atoms with E-state index in [1.54, 1.807) is 50.5 Å². The number of anilines is 1. The first-order valence-electron chi connectivity index (χ1n) is 16.0. The Kier molecular flexibility index (Phi) is 10.5. The number of nitrogens with one attached hydrogen (secondary N) is 1. The summed E-state index contributed by atoms with van der Waals surface area (Å²) in [4.78, 5) is 58.4. The number of methoxy groups -OCH3 is 1. The highest BCUT2D eigenvalue weighted by Gasteiger charge is 2.75. The van der Waals surface area contributed by atoms with Crippen molar-refractivity contribution in [2.24, 2.45) is 11.8 Å². The number of fused-ring (bicyclic) bond motifs is 1. The molecule has 3 aliphatic heterocycles. The molecular weight excluding hydrogens is 602 g/mol. The van der Waals surface area contributed by atoms with Crippen LogP contribution in [0.3, 0.4) is 0 Å². The van der Waals surface area contributed by atoms with Crippen molar-refractivity contribution in [3.63, 3.8) is 0 Å². The number of ether oxygens (including phenoxy) is 3. The molecule has 1 spiro atoms. The molecule has 3 heterocycles. The fourth-order valence-electron chi connectivity index (χ4n) is 7.24. The molecule has 0 unspecified atom stereocenters. The zero-order valence-electron chi connectivity index (χ0n) is 26.9. The molecule has 3 saturated heterocycles. The van der Waals surface area contributed by atoms with Gasteiger partial charge in [0.15, 0.2) is 0 Å². The van der Waals surface area contributed by atoms with E-state index in [1.165, 1.54) is 9.80 Å². The van der Waals surface area contributed by atoms with Crippen molar-refractivity contribution in [2.45, 2.75) is 62.4 Å². The first-order valence-corrected chi connectivity index (χ1v) is 16.0. The van der Waals surface area contributed by atoms with Crippen molar-refractivity contribution in [3.05, 3.63) is 85.5 Å². The second-order valence-electron chi connectivity index (χ2n) is 12.3. The summed E-state index contributed by atoms with van der Waals surface area (Å²) >= 11 is 0. The maximum Gasteiger partial charge on any atom is 0.306 e. The molecule has 2 bridgehead atoms. The molecule has 0 saturated carbocycles. The van der Waals surface area contributed by atoms with E-state index >= 15 is 0 Å². The number of hydrogen-bond donors (Lipinski definition) is 2. The summed E-state index contributed by atoms with van der Waals surface area (Å²) < 4.78 is 17.4. The summed E-state index contributed by atoms with van der Waals surface area (Å²) in [6.07, 6.45) is 4.16. The number of likely N-dealkylation sites (tertiary alicyclic amines) is 1. The fourth-order valence-corrected chi connectivity index (χ4v) is 7.24. The van der Waals surface area contributed by atoms with Gasteiger partial charge in [0.05, 0.1) is 43.7 Å². The zero-order valence-corrected chi connectivity index (χ0v) is 26.9. The van der Waals surface area contributed by atoms with E-state index in [-0.39, 0.29) is 32.1 Å². The van der Waals surface area contributed by atoms with Gasteiger partial charge in [-0.1, -0.05) is 42.5 Å². The largest absolute Gasteiger partial charge is 0.497 e. The Morgan fingerprint density at radius 1 is 1.15 bits per heavy atom. The summed E-state index contributed by atoms with van der Waals surface area (Å²) in [6, 6.07) is 13.7. The second kappa shape index (κ2) is 14.5. The van der Waals surface area contributed by atoms with Crippen molar-refractivity contribution in [1.82, 2.24) is 10.2 Å². The Hall–Kier alpha value is -4.48. The van der Waals surface area contributed by atoms with Gasteiger partial charge in [0.25, 0.3) is 5.91 Å². The lowest BCUT2D eigenvalue weighted by molar-refractivity contribution is -0.146. The highest BCUT2D eigenvalue weighted by molar-refractivity contribution is 6.05. The van der Waals surface area contributed by atoms with Crippen LogP contribution < -0.4 is 15.0 Å². The van der Waals surface area contributed by atoms with Crippen LogP contribution in [-0.2, 0) is 28.7 Å². The Labute approximate surface area is 275 Å². The van der Waals surface area contributed by atoms with E-state index < -0.39 is 59.5 Å². The van der Waals surface area contributed by atoms with Crippen molar-refractivity contribution < 1.29 is 38.5 Å². The van der Waals surface area contributed by atoms with Crippen LogP contribution in [0, 0.1) is 11.8 Å². The maximum atomic E-state index is 14.6. The SMILES string of the molecule is C=CCCC(=O)OC[C@@H](NC(=O)[C@@H]1[C@H]2C(=O)N([C@H](C)CO)[C@H](C(=O)N(CC=C)c3ccc(OC)cc3)[C@]23CC[C@H]1O3)c1ccccc1. The van der Waals surface area contributed by atoms with E-state index in [0.717, 1.165) is 5.56 Å². The molecular formula is C36H43N3O8. The van der Waals surface area contributed by atoms with E-state index in [2.05, 4.69) is 18.5 Å². The summed E-state index contributed by atoms with van der Waals surface area (Å²) in [7, 11) is 1.55. The van der Waals surface area contributed by atoms with Crippen LogP contribution in [0.4, 0.5) is 5.69 Å². The van der Waals surface area contributed by atoms with Crippen molar-refractivity contribution in [2.75, 3.05) is 31.8 Å². The Morgan fingerprint density at radius 3 is 2.51 bits per heavy atom. The van der Waals surface area contributed by atoms with Crippen molar-refractivity contribution in [3.8, 4) is 5.75 Å². The van der Waals surface area contributed by atoms with Gasteiger partial charge in [-0.3, -0.25) is 19.2 Å². The number of carbonyl (C=O) groups excluding carboxylic acids is 4. The molecule has 2 aromatic rings. The average Bonchev–Trinajstić information content (AvgIpc) is 3.75. The zero-order chi connectivity index (χ0) is 33.7. The molecule has 47 heavy (non-hydrogen) atoms. The molecule has 3 amide bonds. The number of hydrogen-bond acceptors (Lipinski definition) is 8. The van der Waals surface area contributed by atoms with Crippen LogP contribution in [0.15, 0.2) is 79.9 Å². The van der Waals surface area contributed by atoms with E-state index in [1.807, 2.05) is 30.3 Å². The van der Waals surface area contributed by atoms with Gasteiger partial charge in [-0.05, 0) is 56.0 Å². The predicted octanol–water partition coefficient (Wildman–Crippen LogP) is 3.34. The molecule has 2 aromatic carbocycles. The third-order valence-corrected chi connectivity index (χ3v) is 9.46. The third kappa shape index (κ3) is 6.42. The number of rotatable bonds is 15. The highest BCUT2D eigenvalue weighted by Crippen LogP contribution is 2.59. The summed E-state index contributed by atoms with van der Waals surface area (Å²) in [5.41, 5.74) is 0.0436. The van der Waals surface area contributed by atoms with E-state index in [9.17, 15) is 24.3 Å². The van der Waals surface area contributed by atoms with Crippen LogP contribution in [0.5, 0.6) is 5.75 Å². The first-order chi connectivity index (χ1) is 22.7. The number of amides is 3. The number of aliphatic hydroxyl groups is 1. The number of aliphatic hydroxyl groups excluding tert-OH is 1. The van der Waals surface area contributed by atoms with Crippen molar-refractivity contribution in [1.29, 1.82) is 0 Å². The molecule has 0 aromatic heterocycles. The summed E-state index contributed by atoms with van der Waals surface area (Å²) in [5.74, 6) is -2.85. The average molecular weight is 646 g/mol. The lowest BCUT2D eigenvalue weighted by atomic mass is 9.70. The summed E-state index contributed by atoms with van der Waals surface area (Å²) in [6.45, 7) is 8.83. The van der Waals surface area contributed by atoms with Crippen LogP contribution in [0.2, 0.25) is 0 Å². The quantitative estimate of drug-likeness (QED) is 0.223. The molecule has 3 fully saturated rings. The van der Waals surface area contributed by atoms with Crippen LogP contribution in [-0.4, -0.2) is 84.4 Å². The summed E-state index contributed by atoms with van der Waals surface area (Å²) in [5, 5.41) is 13.2. The molecule has 5 rings (SSSR count). The van der Waals surface area contributed by atoms with Gasteiger partial charge in [0.1, 0.15) is 24.0 Å². The monoisotopic (exact) mass is 645 g/mol. The lowest BCUT2D eigenvalue weighted by Gasteiger charge is -2.38. The molecule has 0 aliphatic carbocycles. The third-order valence-electron chi connectivity index (χ3n) is 9.46. The Bertz CT molecular complexity index is 1480. The maximum absolute atomic E-state index is 14.6. The van der Waals surface area contributed by atoms with Gasteiger partial charge in [-0.2, -0.15) is 0 Å². The van der Waals surface area contributed by atoms with E-state index in [0.29, 0.717) is 30.7 Å². The molecule has 3 aliphatic rings. The van der Waals surface area contributed by atoms with Crippen molar-refractivity contribution >= 4 is 29.4 Å². The Balaban J connectivity index is 1.45. The van der Waals surface area contributed by atoms with Gasteiger partial charge in [-0.25, -0.2) is 0 Å². The minimum Gasteiger partial charge on any atom is -0.497 e. The Morgan fingerprint density at radius 2 is 1.87 bits per heavy atom. The molecule has 2 N–H and O–H groups in total. The van der Waals surface area contributed by atoms with Crippen LogP contribution in [0.1, 0.15) is 44.2 Å². The van der Waals surface area contributed by atoms with Gasteiger partial charge >= 0.3 is 5.97 Å². The number of carbonyl (C=O) groups is 4. The van der Waals surface area contributed by atoms with Crippen LogP contribution in [0.25, 0.3) is 0 Å². The van der Waals surface area contributed by atoms with Crippen LogP contribution >= 0.6 is 0 Å². The molecule has 250 valence electrons. The van der Waals surface area contributed by atoms with Gasteiger partial charge < -0.3 is 34.4 Å². The molecule has 0 radical (unpaired) electrons. The second-order valence-corrected chi connectivity index (χ2v) is 12.3. The minimum absolute atomic E-state index is 0.0963. The molecule has 7 atom stereocenters. The fraction of sp³-hybridized carbons (Fsp3) is 0.444. The van der Waals surface area contributed by atoms with Gasteiger partial charge in [-0.15, -0.1) is 13.2 Å². The first kappa shape index (κ1) is 33.9. The van der Waals surface area contributed by atoms with Gasteiger partial charge in [0, 0.05) is 18.7 Å². The normalized spacial score (nSPS) is 25.4. The molecule has 11 heteroatoms. The number of benzene rings is 2. The highest BCUT2D eigenvalue weighted by atomic mass is 16.5. The smallest absolute Gasteiger partial charge is 0.306 e. The number of allylic oxidation sites excluding steroid dienone is 1. The number of esters is 1. The van der Waals surface area contributed by atoms with Gasteiger partial charge in [0.2, 0.25) is 11.8 Å². The minimum atomic E-state index is -1.27. The molecule has 11 nitrogen and oxygen atoms in total. The standard InChI is InChI=1S/C36H43N3O8/c1-5-7-13-29(41)46-22-27(24-11-9-8-10-12-24)37-33(42)30-28-18-19-36(47-28)31(30)34(43)39(23(3)21-40)32(36)35(44)38(20-6-2)25-14-16-26(45-4)17-15-25/h5-6,8-12,14-17,23,27-28,30-32,40H,1-2,7,13,18-22H2,3-4H3,(H,37,42)/t23-,27-,28-,30+,31+,32-,36+/m1/s1.